The molecule has 0 aliphatic rings. The lowest BCUT2D eigenvalue weighted by Crippen LogP contribution is -2.26. The second-order valence-corrected chi connectivity index (χ2v) is 3.96. The normalized spacial score (nSPS) is 10.3. The molecule has 98 valence electrons. The van der Waals surface area contributed by atoms with Crippen LogP contribution in [0.3, 0.4) is 0 Å². The van der Waals surface area contributed by atoms with E-state index in [1.54, 1.807) is 18.3 Å². The molecule has 0 bridgehead atoms. The zero-order valence-corrected chi connectivity index (χ0v) is 9.98. The van der Waals surface area contributed by atoms with Crippen LogP contribution < -0.4 is 5.56 Å². The van der Waals surface area contributed by atoms with Gasteiger partial charge in [-0.1, -0.05) is 6.07 Å². The summed E-state index contributed by atoms with van der Waals surface area (Å²) < 4.78 is 1.11. The molecule has 0 aliphatic heterocycles. The van der Waals surface area contributed by atoms with E-state index in [2.05, 4.69) is 4.98 Å². The minimum absolute atomic E-state index is 0.192. The van der Waals surface area contributed by atoms with Crippen molar-refractivity contribution in [1.29, 1.82) is 0 Å². The van der Waals surface area contributed by atoms with Crippen molar-refractivity contribution in [2.45, 2.75) is 13.0 Å². The molecule has 2 N–H and O–H groups in total. The summed E-state index contributed by atoms with van der Waals surface area (Å²) in [6, 6.07) is 7.44. The molecule has 6 nitrogen and oxygen atoms in total. The summed E-state index contributed by atoms with van der Waals surface area (Å²) in [5, 5.41) is 18.3. The Morgan fingerprint density at radius 3 is 2.74 bits per heavy atom. The molecule has 2 rings (SSSR count). The summed E-state index contributed by atoms with van der Waals surface area (Å²) in [5.74, 6) is -1.61. The van der Waals surface area contributed by atoms with E-state index < -0.39 is 11.5 Å². The predicted octanol–water partition coefficient (Wildman–Crippen LogP) is 0.890. The van der Waals surface area contributed by atoms with Crippen molar-refractivity contribution in [3.63, 3.8) is 0 Å². The summed E-state index contributed by atoms with van der Waals surface area (Å²) >= 11 is 0. The molecule has 0 amide bonds. The average molecular weight is 260 g/mol. The number of hydrogen-bond donors (Lipinski definition) is 2. The Balaban J connectivity index is 2.30. The molecular weight excluding hydrogens is 248 g/mol. The topological polar surface area (TPSA) is 92.4 Å². The highest BCUT2D eigenvalue weighted by Crippen LogP contribution is 2.09. The van der Waals surface area contributed by atoms with Gasteiger partial charge in [-0.05, 0) is 12.1 Å². The maximum absolute atomic E-state index is 11.7. The van der Waals surface area contributed by atoms with E-state index in [1.165, 1.54) is 0 Å². The fourth-order valence-corrected chi connectivity index (χ4v) is 1.76. The largest absolute Gasteiger partial charge is 0.508 e. The Labute approximate surface area is 108 Å². The number of carbonyl (C=O) groups is 1. The maximum atomic E-state index is 11.7. The molecule has 0 unspecified atom stereocenters. The van der Waals surface area contributed by atoms with Crippen LogP contribution in [0.15, 0.2) is 41.3 Å². The molecule has 6 heteroatoms. The lowest BCUT2D eigenvalue weighted by molar-refractivity contribution is 0.0682. The van der Waals surface area contributed by atoms with E-state index in [4.69, 9.17) is 5.11 Å². The van der Waals surface area contributed by atoms with Gasteiger partial charge in [0.1, 0.15) is 11.4 Å². The summed E-state index contributed by atoms with van der Waals surface area (Å²) in [6.45, 7) is 0.192. The third kappa shape index (κ3) is 2.98. The molecule has 0 radical (unpaired) electrons. The molecule has 0 spiro atoms. The minimum Gasteiger partial charge on any atom is -0.508 e. The van der Waals surface area contributed by atoms with Crippen molar-refractivity contribution < 1.29 is 15.0 Å². The number of aromatic carboxylic acids is 1. The Kier molecular flexibility index (Phi) is 3.61. The van der Waals surface area contributed by atoms with E-state index >= 15 is 0 Å². The highest BCUT2D eigenvalue weighted by Gasteiger charge is 2.13. The number of carboxylic acids is 1. The molecule has 2 aromatic heterocycles. The van der Waals surface area contributed by atoms with Crippen LogP contribution in [-0.4, -0.2) is 25.7 Å². The lowest BCUT2D eigenvalue weighted by Gasteiger charge is -2.09. The fraction of sp³-hybridized carbons (Fsp3) is 0.154. The Morgan fingerprint density at radius 1 is 1.32 bits per heavy atom. The van der Waals surface area contributed by atoms with Crippen LogP contribution in [0.1, 0.15) is 16.2 Å². The number of aryl methyl sites for hydroxylation is 1. The van der Waals surface area contributed by atoms with Crippen LogP contribution in [0.25, 0.3) is 0 Å². The molecule has 0 atom stereocenters. The molecule has 0 aliphatic carbocycles. The Hall–Kier alpha value is -2.63. The van der Waals surface area contributed by atoms with Crippen molar-refractivity contribution in [3.8, 4) is 5.75 Å². The standard InChI is InChI=1S/C13H12N2O4/c16-10-7-11(13(18)19)15(12(17)8-10)6-4-9-3-1-2-5-14-9/h1-3,5,7-8,16H,4,6H2,(H,18,19). The minimum atomic E-state index is -1.26. The first-order valence-corrected chi connectivity index (χ1v) is 5.65. The Bertz CT molecular complexity index is 649. The van der Waals surface area contributed by atoms with E-state index in [9.17, 15) is 14.7 Å². The van der Waals surface area contributed by atoms with Crippen molar-refractivity contribution in [1.82, 2.24) is 9.55 Å². The number of aromatic hydroxyl groups is 1. The zero-order chi connectivity index (χ0) is 13.8. The third-order valence-corrected chi connectivity index (χ3v) is 2.65. The molecule has 0 fully saturated rings. The maximum Gasteiger partial charge on any atom is 0.352 e. The van der Waals surface area contributed by atoms with Gasteiger partial charge in [-0.2, -0.15) is 0 Å². The highest BCUT2D eigenvalue weighted by atomic mass is 16.4. The zero-order valence-electron chi connectivity index (χ0n) is 9.98. The van der Waals surface area contributed by atoms with Gasteiger partial charge in [-0.25, -0.2) is 4.79 Å². The van der Waals surface area contributed by atoms with Gasteiger partial charge in [-0.15, -0.1) is 0 Å². The van der Waals surface area contributed by atoms with E-state index in [1.807, 2.05) is 6.07 Å². The number of hydrogen-bond acceptors (Lipinski definition) is 4. The second kappa shape index (κ2) is 5.34. The van der Waals surface area contributed by atoms with Gasteiger partial charge in [0, 0.05) is 37.0 Å². The molecule has 2 heterocycles. The van der Waals surface area contributed by atoms with E-state index in [0.717, 1.165) is 22.4 Å². The van der Waals surface area contributed by atoms with Gasteiger partial charge >= 0.3 is 5.97 Å². The summed E-state index contributed by atoms with van der Waals surface area (Å²) in [5.41, 5.74) is -0.0203. The molecule has 0 saturated carbocycles. The summed E-state index contributed by atoms with van der Waals surface area (Å²) in [7, 11) is 0. The van der Waals surface area contributed by atoms with Crippen LogP contribution in [0.2, 0.25) is 0 Å². The van der Waals surface area contributed by atoms with Gasteiger partial charge in [0.15, 0.2) is 0 Å². The molecular formula is C13H12N2O4. The number of aromatic nitrogens is 2. The van der Waals surface area contributed by atoms with Gasteiger partial charge < -0.3 is 14.8 Å². The molecule has 0 saturated heterocycles. The first-order chi connectivity index (χ1) is 9.08. The second-order valence-electron chi connectivity index (χ2n) is 3.96. The van der Waals surface area contributed by atoms with Crippen molar-refractivity contribution in [3.05, 3.63) is 58.3 Å². The number of carboxylic acid groups (broad SMARTS) is 1. The van der Waals surface area contributed by atoms with Crippen molar-refractivity contribution >= 4 is 5.97 Å². The van der Waals surface area contributed by atoms with E-state index in [0.29, 0.717) is 6.42 Å². The molecule has 0 aromatic carbocycles. The van der Waals surface area contributed by atoms with E-state index in [-0.39, 0.29) is 18.0 Å². The van der Waals surface area contributed by atoms with Crippen molar-refractivity contribution in [2.75, 3.05) is 0 Å². The first kappa shape index (κ1) is 12.8. The van der Waals surface area contributed by atoms with Gasteiger partial charge in [-0.3, -0.25) is 9.78 Å². The monoisotopic (exact) mass is 260 g/mol. The molecule has 19 heavy (non-hydrogen) atoms. The van der Waals surface area contributed by atoms with Crippen LogP contribution >= 0.6 is 0 Å². The van der Waals surface area contributed by atoms with Crippen molar-refractivity contribution in [2.24, 2.45) is 0 Å². The lowest BCUT2D eigenvalue weighted by atomic mass is 10.2. The van der Waals surface area contributed by atoms with Gasteiger partial charge in [0.2, 0.25) is 0 Å². The Morgan fingerprint density at radius 2 is 2.11 bits per heavy atom. The number of rotatable bonds is 4. The quantitative estimate of drug-likeness (QED) is 0.851. The molecule has 2 aromatic rings. The number of nitrogens with zero attached hydrogens (tertiary/aromatic N) is 2. The van der Waals surface area contributed by atoms with Crippen LogP contribution in [0, 0.1) is 0 Å². The first-order valence-electron chi connectivity index (χ1n) is 5.65. The average Bonchev–Trinajstić information content (AvgIpc) is 2.38. The predicted molar refractivity (Wildman–Crippen MR) is 67.3 cm³/mol. The number of pyridine rings is 2. The summed E-state index contributed by atoms with van der Waals surface area (Å²) in [6.07, 6.45) is 2.07. The highest BCUT2D eigenvalue weighted by molar-refractivity contribution is 5.86. The SMILES string of the molecule is O=C(O)c1cc(O)cc(=O)n1CCc1ccccn1. The van der Waals surface area contributed by atoms with Gasteiger partial charge in [0.05, 0.1) is 0 Å². The summed E-state index contributed by atoms with van der Waals surface area (Å²) in [4.78, 5) is 26.9. The van der Waals surface area contributed by atoms with Crippen LogP contribution in [-0.2, 0) is 13.0 Å². The van der Waals surface area contributed by atoms with Gasteiger partial charge in [0.25, 0.3) is 5.56 Å². The third-order valence-electron chi connectivity index (χ3n) is 2.65. The smallest absolute Gasteiger partial charge is 0.352 e. The fourth-order valence-electron chi connectivity index (χ4n) is 1.76. The van der Waals surface area contributed by atoms with Crippen LogP contribution in [0.4, 0.5) is 0 Å². The van der Waals surface area contributed by atoms with Crippen LogP contribution in [0.5, 0.6) is 5.75 Å².